The van der Waals surface area contributed by atoms with E-state index >= 15 is 0 Å². The van der Waals surface area contributed by atoms with Gasteiger partial charge in [0.05, 0.1) is 12.2 Å². The van der Waals surface area contributed by atoms with Gasteiger partial charge in [0.1, 0.15) is 5.82 Å². The van der Waals surface area contributed by atoms with Crippen LogP contribution in [0.15, 0.2) is 45.5 Å². The molecule has 0 spiro atoms. The maximum absolute atomic E-state index is 13.8. The number of benzene rings is 1. The first-order valence-electron chi connectivity index (χ1n) is 7.23. The first kappa shape index (κ1) is 14.4. The Morgan fingerprint density at radius 1 is 1.26 bits per heavy atom. The summed E-state index contributed by atoms with van der Waals surface area (Å²) in [6, 6.07) is 8.28. The molecule has 0 N–H and O–H groups in total. The normalized spacial score (nSPS) is 15.7. The van der Waals surface area contributed by atoms with Crippen LogP contribution in [0.2, 0.25) is 5.02 Å². The smallest absolute Gasteiger partial charge is 0.238 e. The lowest BCUT2D eigenvalue weighted by Gasteiger charge is -2.37. The van der Waals surface area contributed by atoms with Crippen molar-refractivity contribution in [2.45, 2.75) is 12.5 Å². The molecule has 0 bridgehead atoms. The van der Waals surface area contributed by atoms with Gasteiger partial charge in [-0.05, 0) is 24.3 Å². The first-order valence-corrected chi connectivity index (χ1v) is 7.61. The van der Waals surface area contributed by atoms with Crippen LogP contribution < -0.4 is 0 Å². The maximum Gasteiger partial charge on any atom is 0.238 e. The van der Waals surface area contributed by atoms with Crippen LogP contribution in [-0.4, -0.2) is 28.1 Å². The Morgan fingerprint density at radius 2 is 2.13 bits per heavy atom. The zero-order valence-electron chi connectivity index (χ0n) is 12.1. The van der Waals surface area contributed by atoms with Crippen LogP contribution in [0.3, 0.4) is 0 Å². The maximum atomic E-state index is 13.8. The van der Waals surface area contributed by atoms with Crippen molar-refractivity contribution in [3.63, 3.8) is 0 Å². The van der Waals surface area contributed by atoms with Crippen molar-refractivity contribution in [3.05, 3.63) is 58.9 Å². The summed E-state index contributed by atoms with van der Waals surface area (Å²) in [6.45, 7) is 1.93. The molecule has 1 fully saturated rings. The molecular weight excluding hydrogens is 321 g/mol. The van der Waals surface area contributed by atoms with Crippen LogP contribution in [0, 0.1) is 5.82 Å². The van der Waals surface area contributed by atoms with Gasteiger partial charge in [0.2, 0.25) is 11.7 Å². The molecule has 118 valence electrons. The number of hydrogen-bond acceptors (Lipinski definition) is 5. The van der Waals surface area contributed by atoms with Crippen molar-refractivity contribution in [3.8, 4) is 11.6 Å². The Morgan fingerprint density at radius 3 is 2.87 bits per heavy atom. The number of halogens is 2. The minimum absolute atomic E-state index is 0.150. The Kier molecular flexibility index (Phi) is 3.63. The fourth-order valence-electron chi connectivity index (χ4n) is 2.67. The van der Waals surface area contributed by atoms with Gasteiger partial charge in [0.15, 0.2) is 5.76 Å². The second-order valence-corrected chi connectivity index (χ2v) is 5.93. The van der Waals surface area contributed by atoms with Crippen LogP contribution in [0.1, 0.15) is 17.4 Å². The topological polar surface area (TPSA) is 55.3 Å². The third-order valence-corrected chi connectivity index (χ3v) is 4.29. The number of hydrogen-bond donors (Lipinski definition) is 0. The van der Waals surface area contributed by atoms with Gasteiger partial charge in [-0.25, -0.2) is 4.39 Å². The molecule has 0 saturated carbocycles. The summed E-state index contributed by atoms with van der Waals surface area (Å²) in [5.41, 5.74) is 0.523. The van der Waals surface area contributed by atoms with Crippen molar-refractivity contribution in [2.75, 3.05) is 13.1 Å². The average Bonchev–Trinajstić information content (AvgIpc) is 3.16. The molecule has 1 aliphatic heterocycles. The Hall–Kier alpha value is -2.18. The minimum Gasteiger partial charge on any atom is -0.461 e. The highest BCUT2D eigenvalue weighted by molar-refractivity contribution is 6.31. The quantitative estimate of drug-likeness (QED) is 0.728. The fourth-order valence-corrected chi connectivity index (χ4v) is 2.89. The van der Waals surface area contributed by atoms with Gasteiger partial charge in [0.25, 0.3) is 0 Å². The number of nitrogens with zero attached hydrogens (tertiary/aromatic N) is 3. The van der Waals surface area contributed by atoms with Gasteiger partial charge >= 0.3 is 0 Å². The Bertz CT molecular complexity index is 792. The summed E-state index contributed by atoms with van der Waals surface area (Å²) in [5.74, 6) is 1.47. The van der Waals surface area contributed by atoms with E-state index in [-0.39, 0.29) is 11.7 Å². The molecule has 7 heteroatoms. The van der Waals surface area contributed by atoms with E-state index in [0.29, 0.717) is 34.6 Å². The fraction of sp³-hybridized carbons (Fsp3) is 0.250. The van der Waals surface area contributed by atoms with Crippen LogP contribution in [0.4, 0.5) is 4.39 Å². The van der Waals surface area contributed by atoms with Crippen molar-refractivity contribution < 1.29 is 13.3 Å². The zero-order valence-corrected chi connectivity index (χ0v) is 12.8. The number of aromatic nitrogens is 2. The second kappa shape index (κ2) is 5.79. The Labute approximate surface area is 136 Å². The molecule has 2 aromatic heterocycles. The summed E-state index contributed by atoms with van der Waals surface area (Å²) < 4.78 is 24.3. The molecule has 0 radical (unpaired) electrons. The summed E-state index contributed by atoms with van der Waals surface area (Å²) in [6.07, 6.45) is 1.56. The molecule has 1 aromatic carbocycles. The van der Waals surface area contributed by atoms with Crippen molar-refractivity contribution in [1.82, 2.24) is 15.0 Å². The lowest BCUT2D eigenvalue weighted by molar-refractivity contribution is 0.116. The van der Waals surface area contributed by atoms with E-state index in [1.54, 1.807) is 30.5 Å². The van der Waals surface area contributed by atoms with Crippen molar-refractivity contribution in [2.24, 2.45) is 0 Å². The molecule has 5 nitrogen and oxygen atoms in total. The molecule has 3 aromatic rings. The third kappa shape index (κ3) is 2.75. The molecule has 0 atom stereocenters. The molecule has 23 heavy (non-hydrogen) atoms. The lowest BCUT2D eigenvalue weighted by atomic mass is 9.99. The van der Waals surface area contributed by atoms with Crippen molar-refractivity contribution >= 4 is 11.6 Å². The number of furan rings is 1. The average molecular weight is 334 g/mol. The van der Waals surface area contributed by atoms with E-state index in [9.17, 15) is 4.39 Å². The SMILES string of the molecule is Fc1cccc(Cl)c1CN1CC(c2nc(-c3ccco3)no2)C1. The predicted molar refractivity (Wildman–Crippen MR) is 81.4 cm³/mol. The molecule has 1 saturated heterocycles. The molecular formula is C16H13ClFN3O2. The largest absolute Gasteiger partial charge is 0.461 e. The predicted octanol–water partition coefficient (Wildman–Crippen LogP) is 3.72. The van der Waals surface area contributed by atoms with Crippen LogP contribution in [0.5, 0.6) is 0 Å². The second-order valence-electron chi connectivity index (χ2n) is 5.52. The van der Waals surface area contributed by atoms with Gasteiger partial charge in [-0.15, -0.1) is 0 Å². The Balaban J connectivity index is 1.40. The minimum atomic E-state index is -0.279. The molecule has 0 amide bonds. The molecule has 0 unspecified atom stereocenters. The van der Waals surface area contributed by atoms with Crippen LogP contribution in [0.25, 0.3) is 11.6 Å². The van der Waals surface area contributed by atoms with Crippen LogP contribution >= 0.6 is 11.6 Å². The van der Waals surface area contributed by atoms with E-state index in [1.807, 2.05) is 0 Å². The number of rotatable bonds is 4. The van der Waals surface area contributed by atoms with Crippen molar-refractivity contribution in [1.29, 1.82) is 0 Å². The number of likely N-dealkylation sites (tertiary alicyclic amines) is 1. The molecule has 3 heterocycles. The van der Waals surface area contributed by atoms with E-state index in [0.717, 1.165) is 13.1 Å². The van der Waals surface area contributed by atoms with Crippen LogP contribution in [-0.2, 0) is 6.54 Å². The summed E-state index contributed by atoms with van der Waals surface area (Å²) in [4.78, 5) is 6.44. The highest BCUT2D eigenvalue weighted by Crippen LogP contribution is 2.30. The molecule has 0 aliphatic carbocycles. The highest BCUT2D eigenvalue weighted by atomic mass is 35.5. The van der Waals surface area contributed by atoms with Gasteiger partial charge in [-0.1, -0.05) is 22.8 Å². The standard InChI is InChI=1S/C16H13ClFN3O2/c17-12-3-1-4-13(18)11(12)9-21-7-10(8-21)16-19-15(20-23-16)14-5-2-6-22-14/h1-6,10H,7-9H2. The third-order valence-electron chi connectivity index (χ3n) is 3.93. The van der Waals surface area contributed by atoms with Gasteiger partial charge < -0.3 is 8.94 Å². The summed E-state index contributed by atoms with van der Waals surface area (Å²) >= 11 is 6.05. The van der Waals surface area contributed by atoms with Gasteiger partial charge in [-0.2, -0.15) is 4.98 Å². The molecule has 1 aliphatic rings. The summed E-state index contributed by atoms with van der Waals surface area (Å²) in [5, 5.41) is 4.37. The van der Waals surface area contributed by atoms with E-state index in [1.165, 1.54) is 6.07 Å². The van der Waals surface area contributed by atoms with E-state index in [2.05, 4.69) is 15.0 Å². The summed E-state index contributed by atoms with van der Waals surface area (Å²) in [7, 11) is 0. The lowest BCUT2D eigenvalue weighted by Crippen LogP contribution is -2.44. The molecule has 4 rings (SSSR count). The zero-order chi connectivity index (χ0) is 15.8. The first-order chi connectivity index (χ1) is 11.2. The van der Waals surface area contributed by atoms with Gasteiger partial charge in [-0.3, -0.25) is 4.90 Å². The van der Waals surface area contributed by atoms with Gasteiger partial charge in [0, 0.05) is 30.2 Å². The monoisotopic (exact) mass is 333 g/mol. The highest BCUT2D eigenvalue weighted by Gasteiger charge is 2.33. The van der Waals surface area contributed by atoms with E-state index in [4.69, 9.17) is 20.5 Å². The van der Waals surface area contributed by atoms with E-state index < -0.39 is 0 Å².